The second-order valence-electron chi connectivity index (χ2n) is 7.77. The van der Waals surface area contributed by atoms with Crippen molar-refractivity contribution in [2.75, 3.05) is 20.3 Å². The molecular weight excluding hydrogens is 446 g/mol. The zero-order valence-corrected chi connectivity index (χ0v) is 19.2. The fraction of sp³-hybridized carbons (Fsp3) is 0.333. The number of aliphatic hydroxyl groups is 1. The van der Waals surface area contributed by atoms with Gasteiger partial charge in [0.05, 0.1) is 18.2 Å². The fourth-order valence-electron chi connectivity index (χ4n) is 3.66. The predicted molar refractivity (Wildman–Crippen MR) is 120 cm³/mol. The Bertz CT molecular complexity index is 995. The zero-order chi connectivity index (χ0) is 22.0. The van der Waals surface area contributed by atoms with Crippen LogP contribution in [0.3, 0.4) is 0 Å². The van der Waals surface area contributed by atoms with Gasteiger partial charge in [-0.1, -0.05) is 60.1 Å². The van der Waals surface area contributed by atoms with Crippen LogP contribution in [0.4, 0.5) is 0 Å². The molecular formula is C24H26BrNO4. The molecule has 30 heavy (non-hydrogen) atoms. The average molecular weight is 472 g/mol. The first-order valence-corrected chi connectivity index (χ1v) is 10.7. The summed E-state index contributed by atoms with van der Waals surface area (Å²) >= 11 is 3.45. The van der Waals surface area contributed by atoms with Gasteiger partial charge in [0.2, 0.25) is 0 Å². The smallest absolute Gasteiger partial charge is 0.295 e. The molecule has 0 spiro atoms. The van der Waals surface area contributed by atoms with E-state index in [9.17, 15) is 14.7 Å². The molecule has 1 saturated heterocycles. The number of methoxy groups -OCH3 is 1. The highest BCUT2D eigenvalue weighted by Gasteiger charge is 2.45. The number of aryl methyl sites for hydroxylation is 1. The number of hydrogen-bond donors (Lipinski definition) is 1. The van der Waals surface area contributed by atoms with E-state index < -0.39 is 17.7 Å². The minimum absolute atomic E-state index is 0.107. The van der Waals surface area contributed by atoms with E-state index in [1.165, 1.54) is 4.90 Å². The summed E-state index contributed by atoms with van der Waals surface area (Å²) in [6, 6.07) is 12.5. The maximum absolute atomic E-state index is 12.9. The zero-order valence-electron chi connectivity index (χ0n) is 17.6. The number of Topliss-reactive ketones (excluding diaryl/α,β-unsaturated/α-hetero) is 1. The van der Waals surface area contributed by atoms with E-state index in [1.54, 1.807) is 19.2 Å². The van der Waals surface area contributed by atoms with Crippen molar-refractivity contribution in [2.24, 2.45) is 0 Å². The Balaban J connectivity index is 2.15. The van der Waals surface area contributed by atoms with Crippen molar-refractivity contribution in [3.8, 4) is 0 Å². The highest BCUT2D eigenvalue weighted by molar-refractivity contribution is 9.10. The first-order chi connectivity index (χ1) is 14.3. The molecule has 5 nitrogen and oxygen atoms in total. The third-order valence-electron chi connectivity index (χ3n) is 5.43. The number of rotatable bonds is 6. The van der Waals surface area contributed by atoms with Gasteiger partial charge in [-0.2, -0.15) is 0 Å². The number of carbonyl (C=O) groups excluding carboxylic acids is 2. The fourth-order valence-corrected chi connectivity index (χ4v) is 3.90. The average Bonchev–Trinajstić information content (AvgIpc) is 2.98. The highest BCUT2D eigenvalue weighted by Crippen LogP contribution is 2.39. The van der Waals surface area contributed by atoms with E-state index in [0.29, 0.717) is 18.1 Å². The Morgan fingerprint density at radius 1 is 1.17 bits per heavy atom. The van der Waals surface area contributed by atoms with Gasteiger partial charge in [0.25, 0.3) is 11.7 Å². The van der Waals surface area contributed by atoms with Crippen molar-refractivity contribution < 1.29 is 19.4 Å². The standard InChI is InChI=1S/C24H26BrNO4/c1-14(2)16-5-7-17(8-6-16)21-20(23(28)24(29)26(21)11-12-30-4)22(27)18-9-10-19(25)15(3)13-18/h5-10,13-14,21,27H,11-12H2,1-4H3/b22-20-. The molecule has 0 saturated carbocycles. The quantitative estimate of drug-likeness (QED) is 0.367. The number of likely N-dealkylation sites (tertiary alicyclic amines) is 1. The van der Waals surface area contributed by atoms with Crippen LogP contribution in [0.1, 0.15) is 48.1 Å². The molecule has 0 bridgehead atoms. The van der Waals surface area contributed by atoms with E-state index in [4.69, 9.17) is 4.74 Å². The van der Waals surface area contributed by atoms with Crippen LogP contribution in [-0.4, -0.2) is 42.0 Å². The van der Waals surface area contributed by atoms with Crippen molar-refractivity contribution in [3.05, 3.63) is 74.8 Å². The summed E-state index contributed by atoms with van der Waals surface area (Å²) in [5.74, 6) is -1.10. The molecule has 6 heteroatoms. The number of ketones is 1. The molecule has 3 rings (SSSR count). The molecule has 1 unspecified atom stereocenters. The molecule has 1 amide bonds. The highest BCUT2D eigenvalue weighted by atomic mass is 79.9. The van der Waals surface area contributed by atoms with Gasteiger partial charge < -0.3 is 14.7 Å². The Labute approximate surface area is 185 Å². The first-order valence-electron chi connectivity index (χ1n) is 9.90. The summed E-state index contributed by atoms with van der Waals surface area (Å²) in [6.07, 6.45) is 0. The SMILES string of the molecule is COCCN1C(=O)C(=O)/C(=C(\O)c2ccc(Br)c(C)c2)C1c1ccc(C(C)C)cc1. The molecule has 1 N–H and O–H groups in total. The van der Waals surface area contributed by atoms with Gasteiger partial charge >= 0.3 is 0 Å². The van der Waals surface area contributed by atoms with Crippen LogP contribution < -0.4 is 0 Å². The first kappa shape index (κ1) is 22.2. The van der Waals surface area contributed by atoms with Crippen LogP contribution >= 0.6 is 15.9 Å². The normalized spacial score (nSPS) is 18.5. The molecule has 1 aliphatic rings. The van der Waals surface area contributed by atoms with E-state index in [2.05, 4.69) is 29.8 Å². The Morgan fingerprint density at radius 3 is 2.40 bits per heavy atom. The van der Waals surface area contributed by atoms with Crippen LogP contribution in [-0.2, 0) is 14.3 Å². The molecule has 1 heterocycles. The summed E-state index contributed by atoms with van der Waals surface area (Å²) in [6.45, 7) is 6.67. The maximum Gasteiger partial charge on any atom is 0.295 e. The van der Waals surface area contributed by atoms with Gasteiger partial charge in [-0.3, -0.25) is 9.59 Å². The number of aliphatic hydroxyl groups excluding tert-OH is 1. The van der Waals surface area contributed by atoms with E-state index in [1.807, 2.05) is 37.3 Å². The molecule has 0 radical (unpaired) electrons. The number of benzene rings is 2. The second kappa shape index (κ2) is 9.14. The summed E-state index contributed by atoms with van der Waals surface area (Å²) in [7, 11) is 1.55. The topological polar surface area (TPSA) is 66.8 Å². The van der Waals surface area contributed by atoms with Gasteiger partial charge in [-0.05, 0) is 41.7 Å². The Morgan fingerprint density at radius 2 is 1.83 bits per heavy atom. The summed E-state index contributed by atoms with van der Waals surface area (Å²) in [5.41, 5.74) is 3.48. The molecule has 1 aliphatic heterocycles. The Hall–Kier alpha value is -2.44. The summed E-state index contributed by atoms with van der Waals surface area (Å²) < 4.78 is 6.05. The molecule has 0 aliphatic carbocycles. The van der Waals surface area contributed by atoms with Gasteiger partial charge in [0.1, 0.15) is 5.76 Å². The monoisotopic (exact) mass is 471 g/mol. The van der Waals surface area contributed by atoms with Gasteiger partial charge in [0, 0.05) is 23.7 Å². The molecule has 2 aromatic carbocycles. The van der Waals surface area contributed by atoms with Gasteiger partial charge in [0.15, 0.2) is 0 Å². The van der Waals surface area contributed by atoms with Crippen molar-refractivity contribution >= 4 is 33.4 Å². The van der Waals surface area contributed by atoms with Crippen LogP contribution in [0, 0.1) is 6.92 Å². The third kappa shape index (κ3) is 4.20. The molecule has 0 aromatic heterocycles. The summed E-state index contributed by atoms with van der Waals surface area (Å²) in [4.78, 5) is 27.2. The number of ether oxygens (including phenoxy) is 1. The minimum Gasteiger partial charge on any atom is -0.507 e. The largest absolute Gasteiger partial charge is 0.507 e. The Kier molecular flexibility index (Phi) is 6.78. The van der Waals surface area contributed by atoms with Crippen LogP contribution in [0.15, 0.2) is 52.5 Å². The minimum atomic E-state index is -0.679. The molecule has 2 aromatic rings. The summed E-state index contributed by atoms with van der Waals surface area (Å²) in [5, 5.41) is 11.1. The van der Waals surface area contributed by atoms with Crippen LogP contribution in [0.2, 0.25) is 0 Å². The van der Waals surface area contributed by atoms with E-state index in [-0.39, 0.29) is 17.9 Å². The lowest BCUT2D eigenvalue weighted by molar-refractivity contribution is -0.140. The lowest BCUT2D eigenvalue weighted by atomic mass is 9.93. The van der Waals surface area contributed by atoms with Gasteiger partial charge in [-0.15, -0.1) is 0 Å². The second-order valence-corrected chi connectivity index (χ2v) is 8.62. The van der Waals surface area contributed by atoms with Gasteiger partial charge in [-0.25, -0.2) is 0 Å². The number of carbonyl (C=O) groups is 2. The lowest BCUT2D eigenvalue weighted by Crippen LogP contribution is -2.32. The molecule has 1 fully saturated rings. The third-order valence-corrected chi connectivity index (χ3v) is 6.32. The van der Waals surface area contributed by atoms with Crippen molar-refractivity contribution in [1.82, 2.24) is 4.90 Å². The number of hydrogen-bond acceptors (Lipinski definition) is 4. The van der Waals surface area contributed by atoms with Crippen LogP contribution in [0.5, 0.6) is 0 Å². The van der Waals surface area contributed by atoms with Crippen LogP contribution in [0.25, 0.3) is 5.76 Å². The number of amides is 1. The number of halogens is 1. The molecule has 1 atom stereocenters. The predicted octanol–water partition coefficient (Wildman–Crippen LogP) is 4.95. The maximum atomic E-state index is 12.9. The van der Waals surface area contributed by atoms with E-state index in [0.717, 1.165) is 21.2 Å². The van der Waals surface area contributed by atoms with E-state index >= 15 is 0 Å². The lowest BCUT2D eigenvalue weighted by Gasteiger charge is -2.25. The van der Waals surface area contributed by atoms with Crippen molar-refractivity contribution in [2.45, 2.75) is 32.7 Å². The molecule has 158 valence electrons. The van der Waals surface area contributed by atoms with Crippen molar-refractivity contribution in [3.63, 3.8) is 0 Å². The number of nitrogens with zero attached hydrogens (tertiary/aromatic N) is 1. The van der Waals surface area contributed by atoms with Crippen molar-refractivity contribution in [1.29, 1.82) is 0 Å².